The number of phenolic OH excluding ortho intramolecular Hbond substituents is 1. The Labute approximate surface area is 151 Å². The molecule has 2 amide bonds. The summed E-state index contributed by atoms with van der Waals surface area (Å²) >= 11 is 0. The first-order valence-corrected chi connectivity index (χ1v) is 8.14. The average molecular weight is 346 g/mol. The zero-order valence-corrected chi connectivity index (χ0v) is 14.0. The van der Waals surface area contributed by atoms with Crippen LogP contribution in [0.4, 0.5) is 5.69 Å². The number of hydrogen-bond acceptors (Lipinski definition) is 3. The molecule has 0 saturated carbocycles. The van der Waals surface area contributed by atoms with Crippen molar-refractivity contribution in [2.45, 2.75) is 6.54 Å². The summed E-state index contributed by atoms with van der Waals surface area (Å²) in [5, 5.41) is 15.0. The summed E-state index contributed by atoms with van der Waals surface area (Å²) in [6.07, 6.45) is 0. The predicted molar refractivity (Wildman–Crippen MR) is 100 cm³/mol. The zero-order chi connectivity index (χ0) is 18.4. The van der Waals surface area contributed by atoms with E-state index in [1.807, 2.05) is 18.2 Å². The van der Waals surface area contributed by atoms with Crippen LogP contribution in [-0.2, 0) is 6.54 Å². The van der Waals surface area contributed by atoms with E-state index in [4.69, 9.17) is 0 Å². The number of anilines is 1. The molecule has 0 fully saturated rings. The maximum absolute atomic E-state index is 12.2. The van der Waals surface area contributed by atoms with Gasteiger partial charge in [0.25, 0.3) is 11.8 Å². The highest BCUT2D eigenvalue weighted by Gasteiger charge is 2.08. The van der Waals surface area contributed by atoms with Crippen LogP contribution in [0.15, 0.2) is 78.9 Å². The fraction of sp³-hybridized carbons (Fsp3) is 0.0476. The minimum absolute atomic E-state index is 0.0901. The first-order valence-electron chi connectivity index (χ1n) is 8.14. The van der Waals surface area contributed by atoms with Crippen LogP contribution in [0.5, 0.6) is 5.75 Å². The molecule has 3 aromatic carbocycles. The Kier molecular flexibility index (Phi) is 5.29. The van der Waals surface area contributed by atoms with Crippen molar-refractivity contribution in [1.82, 2.24) is 5.32 Å². The standard InChI is InChI=1S/C21H18N2O3/c24-19-8-4-7-18(13-19)23-21(26)17-11-9-15(10-12-17)14-22-20(25)16-5-2-1-3-6-16/h1-13,24H,14H2,(H,22,25)(H,23,26). The predicted octanol–water partition coefficient (Wildman–Crippen LogP) is 3.57. The average Bonchev–Trinajstić information content (AvgIpc) is 2.67. The summed E-state index contributed by atoms with van der Waals surface area (Å²) in [7, 11) is 0. The van der Waals surface area contributed by atoms with E-state index >= 15 is 0 Å². The van der Waals surface area contributed by atoms with Crippen LogP contribution < -0.4 is 10.6 Å². The lowest BCUT2D eigenvalue weighted by Gasteiger charge is -2.08. The van der Waals surface area contributed by atoms with Crippen molar-refractivity contribution < 1.29 is 14.7 Å². The number of phenols is 1. The molecule has 130 valence electrons. The molecule has 3 N–H and O–H groups in total. The van der Waals surface area contributed by atoms with Gasteiger partial charge in [0.2, 0.25) is 0 Å². The van der Waals surface area contributed by atoms with Crippen molar-refractivity contribution in [2.75, 3.05) is 5.32 Å². The van der Waals surface area contributed by atoms with E-state index in [9.17, 15) is 14.7 Å². The van der Waals surface area contributed by atoms with Gasteiger partial charge in [0.1, 0.15) is 5.75 Å². The largest absolute Gasteiger partial charge is 0.508 e. The van der Waals surface area contributed by atoms with Gasteiger partial charge in [-0.2, -0.15) is 0 Å². The molecule has 0 unspecified atom stereocenters. The van der Waals surface area contributed by atoms with Gasteiger partial charge >= 0.3 is 0 Å². The van der Waals surface area contributed by atoms with Crippen molar-refractivity contribution in [3.05, 3.63) is 95.6 Å². The maximum atomic E-state index is 12.2. The molecule has 0 aliphatic carbocycles. The number of nitrogens with one attached hydrogen (secondary N) is 2. The molecule has 3 aromatic rings. The van der Waals surface area contributed by atoms with Gasteiger partial charge in [-0.1, -0.05) is 36.4 Å². The SMILES string of the molecule is O=C(NCc1ccc(C(=O)Nc2cccc(O)c2)cc1)c1ccccc1. The van der Waals surface area contributed by atoms with Gasteiger partial charge in [-0.05, 0) is 42.0 Å². The number of aromatic hydroxyl groups is 1. The Morgan fingerprint density at radius 1 is 0.769 bits per heavy atom. The fourth-order valence-electron chi connectivity index (χ4n) is 2.43. The van der Waals surface area contributed by atoms with Crippen LogP contribution in [-0.4, -0.2) is 16.9 Å². The van der Waals surface area contributed by atoms with Gasteiger partial charge in [-0.3, -0.25) is 9.59 Å². The van der Waals surface area contributed by atoms with E-state index in [-0.39, 0.29) is 17.6 Å². The molecule has 0 spiro atoms. The number of carbonyl (C=O) groups excluding carboxylic acids is 2. The molecule has 0 radical (unpaired) electrons. The zero-order valence-electron chi connectivity index (χ0n) is 14.0. The smallest absolute Gasteiger partial charge is 0.255 e. The lowest BCUT2D eigenvalue weighted by Crippen LogP contribution is -2.22. The molecule has 0 atom stereocenters. The molecule has 0 saturated heterocycles. The number of benzene rings is 3. The molecule has 0 aliphatic rings. The van der Waals surface area contributed by atoms with Gasteiger partial charge in [0.05, 0.1) is 0 Å². The van der Waals surface area contributed by atoms with Crippen molar-refractivity contribution in [1.29, 1.82) is 0 Å². The Hall–Kier alpha value is -3.60. The highest BCUT2D eigenvalue weighted by molar-refractivity contribution is 6.04. The molecule has 0 bridgehead atoms. The molecular weight excluding hydrogens is 328 g/mol. The lowest BCUT2D eigenvalue weighted by atomic mass is 10.1. The van der Waals surface area contributed by atoms with Gasteiger partial charge in [-0.15, -0.1) is 0 Å². The Morgan fingerprint density at radius 2 is 1.46 bits per heavy atom. The van der Waals surface area contributed by atoms with Crippen LogP contribution in [0, 0.1) is 0 Å². The quantitative estimate of drug-likeness (QED) is 0.661. The van der Waals surface area contributed by atoms with E-state index in [0.29, 0.717) is 23.4 Å². The van der Waals surface area contributed by atoms with E-state index in [1.54, 1.807) is 48.5 Å². The Balaban J connectivity index is 1.58. The van der Waals surface area contributed by atoms with E-state index in [2.05, 4.69) is 10.6 Å². The van der Waals surface area contributed by atoms with Crippen LogP contribution in [0.1, 0.15) is 26.3 Å². The van der Waals surface area contributed by atoms with Crippen LogP contribution in [0.2, 0.25) is 0 Å². The molecule has 3 rings (SSSR count). The van der Waals surface area contributed by atoms with Crippen LogP contribution >= 0.6 is 0 Å². The second kappa shape index (κ2) is 7.98. The van der Waals surface area contributed by atoms with E-state index < -0.39 is 0 Å². The second-order valence-corrected chi connectivity index (χ2v) is 5.75. The molecule has 0 heterocycles. The van der Waals surface area contributed by atoms with E-state index in [0.717, 1.165) is 5.56 Å². The maximum Gasteiger partial charge on any atom is 0.255 e. The second-order valence-electron chi connectivity index (χ2n) is 5.75. The third kappa shape index (κ3) is 4.48. The third-order valence-corrected chi connectivity index (χ3v) is 3.81. The van der Waals surface area contributed by atoms with Crippen molar-refractivity contribution in [2.24, 2.45) is 0 Å². The molecule has 5 nitrogen and oxygen atoms in total. The minimum Gasteiger partial charge on any atom is -0.508 e. The first kappa shape index (κ1) is 17.2. The van der Waals surface area contributed by atoms with Crippen molar-refractivity contribution >= 4 is 17.5 Å². The summed E-state index contributed by atoms with van der Waals surface area (Å²) in [5.41, 5.74) is 2.51. The Morgan fingerprint density at radius 3 is 2.15 bits per heavy atom. The van der Waals surface area contributed by atoms with Crippen molar-refractivity contribution in [3.8, 4) is 5.75 Å². The van der Waals surface area contributed by atoms with Crippen molar-refractivity contribution in [3.63, 3.8) is 0 Å². The molecule has 0 aromatic heterocycles. The molecule has 0 aliphatic heterocycles. The summed E-state index contributed by atoms with van der Waals surface area (Å²) < 4.78 is 0. The number of carbonyl (C=O) groups is 2. The topological polar surface area (TPSA) is 78.4 Å². The van der Waals surface area contributed by atoms with Gasteiger partial charge in [-0.25, -0.2) is 0 Å². The summed E-state index contributed by atoms with van der Waals surface area (Å²) in [6.45, 7) is 0.377. The fourth-order valence-corrected chi connectivity index (χ4v) is 2.43. The highest BCUT2D eigenvalue weighted by Crippen LogP contribution is 2.16. The highest BCUT2D eigenvalue weighted by atomic mass is 16.3. The minimum atomic E-state index is -0.268. The Bertz CT molecular complexity index is 906. The van der Waals surface area contributed by atoms with Gasteiger partial charge in [0.15, 0.2) is 0 Å². The van der Waals surface area contributed by atoms with Gasteiger partial charge < -0.3 is 15.7 Å². The van der Waals surface area contributed by atoms with Crippen LogP contribution in [0.3, 0.4) is 0 Å². The first-order chi connectivity index (χ1) is 12.6. The molecular formula is C21H18N2O3. The van der Waals surface area contributed by atoms with E-state index in [1.165, 1.54) is 12.1 Å². The normalized spacial score (nSPS) is 10.2. The lowest BCUT2D eigenvalue weighted by molar-refractivity contribution is 0.0949. The van der Waals surface area contributed by atoms with Crippen LogP contribution in [0.25, 0.3) is 0 Å². The molecule has 5 heteroatoms. The summed E-state index contributed by atoms with van der Waals surface area (Å²) in [6, 6.07) is 22.3. The van der Waals surface area contributed by atoms with Gasteiger partial charge in [0, 0.05) is 29.4 Å². The number of rotatable bonds is 5. The summed E-state index contributed by atoms with van der Waals surface area (Å²) in [5.74, 6) is -0.320. The summed E-state index contributed by atoms with van der Waals surface area (Å²) in [4.78, 5) is 24.3. The number of hydrogen-bond donors (Lipinski definition) is 3. The third-order valence-electron chi connectivity index (χ3n) is 3.81. The molecule has 26 heavy (non-hydrogen) atoms. The monoisotopic (exact) mass is 346 g/mol. The number of amides is 2.